The number of rotatable bonds is 3. The van der Waals surface area contributed by atoms with Gasteiger partial charge in [-0.15, -0.1) is 0 Å². The van der Waals surface area contributed by atoms with Crippen molar-refractivity contribution in [3.05, 3.63) is 59.7 Å². The number of hydrogen-bond acceptors (Lipinski definition) is 3. The van der Waals surface area contributed by atoms with Gasteiger partial charge in [0.25, 0.3) is 5.91 Å². The smallest absolute Gasteiger partial charge is 0.256 e. The van der Waals surface area contributed by atoms with Crippen LogP contribution in [0.15, 0.2) is 48.5 Å². The number of hydrogen-bond donors (Lipinski definition) is 0. The third-order valence-corrected chi connectivity index (χ3v) is 4.81. The summed E-state index contributed by atoms with van der Waals surface area (Å²) in [5.41, 5.74) is 3.52. The first-order valence-corrected chi connectivity index (χ1v) is 8.83. The van der Waals surface area contributed by atoms with E-state index in [1.54, 1.807) is 9.80 Å². The molecule has 0 spiro atoms. The summed E-state index contributed by atoms with van der Waals surface area (Å²) in [5, 5.41) is 0. The molecule has 0 aliphatic carbocycles. The van der Waals surface area contributed by atoms with E-state index in [1.807, 2.05) is 81.4 Å². The molecule has 1 heterocycles. The average Bonchev–Trinajstić information content (AvgIpc) is 2.63. The lowest BCUT2D eigenvalue weighted by molar-refractivity contribution is -0.121. The fourth-order valence-electron chi connectivity index (χ4n) is 3.30. The summed E-state index contributed by atoms with van der Waals surface area (Å²) in [5.74, 6) is -0.152. The van der Waals surface area contributed by atoms with E-state index in [0.29, 0.717) is 12.1 Å². The largest absolute Gasteiger partial charge is 0.377 e. The van der Waals surface area contributed by atoms with Gasteiger partial charge in [-0.2, -0.15) is 0 Å². The minimum atomic E-state index is -0.0984. The first kappa shape index (κ1) is 18.0. The van der Waals surface area contributed by atoms with Gasteiger partial charge in [0, 0.05) is 38.1 Å². The SMILES string of the molecule is Cc1ccc(N2C[C@@H](C)N(C(=O)c3ccccc3N(C)C)CC2=O)cc1. The summed E-state index contributed by atoms with van der Waals surface area (Å²) in [4.78, 5) is 31.2. The van der Waals surface area contributed by atoms with Gasteiger partial charge in [-0.3, -0.25) is 9.59 Å². The Kier molecular flexibility index (Phi) is 4.98. The topological polar surface area (TPSA) is 43.9 Å². The van der Waals surface area contributed by atoms with Crippen LogP contribution in [0, 0.1) is 6.92 Å². The zero-order valence-corrected chi connectivity index (χ0v) is 15.8. The van der Waals surface area contributed by atoms with Gasteiger partial charge in [-0.25, -0.2) is 0 Å². The highest BCUT2D eigenvalue weighted by Crippen LogP contribution is 2.25. The van der Waals surface area contributed by atoms with Crippen molar-refractivity contribution in [1.29, 1.82) is 0 Å². The van der Waals surface area contributed by atoms with Gasteiger partial charge in [0.05, 0.1) is 5.56 Å². The lowest BCUT2D eigenvalue weighted by Gasteiger charge is -2.39. The predicted octanol–water partition coefficient (Wildman–Crippen LogP) is 2.94. The summed E-state index contributed by atoms with van der Waals surface area (Å²) < 4.78 is 0. The van der Waals surface area contributed by atoms with E-state index in [0.717, 1.165) is 16.9 Å². The van der Waals surface area contributed by atoms with Crippen LogP contribution in [-0.4, -0.2) is 49.9 Å². The van der Waals surface area contributed by atoms with Crippen LogP contribution in [0.1, 0.15) is 22.8 Å². The molecule has 5 heteroatoms. The van der Waals surface area contributed by atoms with Crippen LogP contribution in [0.4, 0.5) is 11.4 Å². The molecule has 0 aromatic heterocycles. The normalized spacial score (nSPS) is 17.4. The monoisotopic (exact) mass is 351 g/mol. The molecule has 0 N–H and O–H groups in total. The highest BCUT2D eigenvalue weighted by molar-refractivity contribution is 6.04. The van der Waals surface area contributed by atoms with E-state index in [-0.39, 0.29) is 24.4 Å². The van der Waals surface area contributed by atoms with Crippen molar-refractivity contribution in [2.75, 3.05) is 37.0 Å². The number of benzene rings is 2. The van der Waals surface area contributed by atoms with Crippen LogP contribution < -0.4 is 9.80 Å². The van der Waals surface area contributed by atoms with Crippen LogP contribution >= 0.6 is 0 Å². The van der Waals surface area contributed by atoms with Gasteiger partial charge in [0.15, 0.2) is 0 Å². The molecule has 0 saturated carbocycles. The van der Waals surface area contributed by atoms with Gasteiger partial charge in [0.1, 0.15) is 6.54 Å². The number of piperazine rings is 1. The third-order valence-electron chi connectivity index (χ3n) is 4.81. The number of aryl methyl sites for hydroxylation is 1. The molecular formula is C21H25N3O2. The van der Waals surface area contributed by atoms with Gasteiger partial charge in [-0.1, -0.05) is 29.8 Å². The summed E-state index contributed by atoms with van der Waals surface area (Å²) in [6.45, 7) is 4.60. The molecule has 136 valence electrons. The third kappa shape index (κ3) is 3.43. The molecule has 3 rings (SSSR count). The van der Waals surface area contributed by atoms with Crippen molar-refractivity contribution >= 4 is 23.2 Å². The molecule has 5 nitrogen and oxygen atoms in total. The summed E-state index contributed by atoms with van der Waals surface area (Å²) in [6, 6.07) is 15.4. The van der Waals surface area contributed by atoms with Crippen molar-refractivity contribution in [2.45, 2.75) is 19.9 Å². The quantitative estimate of drug-likeness (QED) is 0.854. The summed E-state index contributed by atoms with van der Waals surface area (Å²) in [6.07, 6.45) is 0. The van der Waals surface area contributed by atoms with Crippen LogP contribution in [-0.2, 0) is 4.79 Å². The van der Waals surface area contributed by atoms with Crippen LogP contribution in [0.25, 0.3) is 0 Å². The van der Waals surface area contributed by atoms with Crippen molar-refractivity contribution in [1.82, 2.24) is 4.90 Å². The van der Waals surface area contributed by atoms with Gasteiger partial charge < -0.3 is 14.7 Å². The molecule has 1 aliphatic heterocycles. The zero-order valence-electron chi connectivity index (χ0n) is 15.8. The first-order chi connectivity index (χ1) is 12.4. The van der Waals surface area contributed by atoms with Gasteiger partial charge in [0.2, 0.25) is 5.91 Å². The average molecular weight is 351 g/mol. The van der Waals surface area contributed by atoms with E-state index in [1.165, 1.54) is 0 Å². The molecule has 0 radical (unpaired) electrons. The minimum Gasteiger partial charge on any atom is -0.377 e. The van der Waals surface area contributed by atoms with Crippen molar-refractivity contribution < 1.29 is 9.59 Å². The number of amides is 2. The molecule has 0 bridgehead atoms. The molecule has 2 aromatic rings. The fourth-order valence-corrected chi connectivity index (χ4v) is 3.30. The highest BCUT2D eigenvalue weighted by atomic mass is 16.2. The summed E-state index contributed by atoms with van der Waals surface area (Å²) in [7, 11) is 3.83. The van der Waals surface area contributed by atoms with E-state index in [4.69, 9.17) is 0 Å². The second-order valence-electron chi connectivity index (χ2n) is 7.03. The number of para-hydroxylation sites is 1. The van der Waals surface area contributed by atoms with Crippen molar-refractivity contribution in [2.24, 2.45) is 0 Å². The molecular weight excluding hydrogens is 326 g/mol. The van der Waals surface area contributed by atoms with Crippen molar-refractivity contribution in [3.63, 3.8) is 0 Å². The molecule has 1 saturated heterocycles. The molecule has 0 unspecified atom stereocenters. The lowest BCUT2D eigenvalue weighted by atomic mass is 10.1. The maximum Gasteiger partial charge on any atom is 0.256 e. The Morgan fingerprint density at radius 1 is 1.08 bits per heavy atom. The van der Waals surface area contributed by atoms with Gasteiger partial charge >= 0.3 is 0 Å². The molecule has 1 fully saturated rings. The first-order valence-electron chi connectivity index (χ1n) is 8.83. The van der Waals surface area contributed by atoms with Crippen LogP contribution in [0.2, 0.25) is 0 Å². The molecule has 2 amide bonds. The molecule has 1 aliphatic rings. The molecule has 2 aromatic carbocycles. The molecule has 1 atom stereocenters. The zero-order chi connectivity index (χ0) is 18.8. The van der Waals surface area contributed by atoms with E-state index < -0.39 is 0 Å². The standard InChI is InChI=1S/C21H25N3O2/c1-15-9-11-17(12-10-15)24-13-16(2)23(14-20(24)25)21(26)18-7-5-6-8-19(18)22(3)4/h5-12,16H,13-14H2,1-4H3/t16-/m1/s1. The maximum absolute atomic E-state index is 13.1. The summed E-state index contributed by atoms with van der Waals surface area (Å²) >= 11 is 0. The van der Waals surface area contributed by atoms with E-state index in [9.17, 15) is 9.59 Å². The van der Waals surface area contributed by atoms with Crippen molar-refractivity contribution in [3.8, 4) is 0 Å². The maximum atomic E-state index is 13.1. The number of nitrogens with zero attached hydrogens (tertiary/aromatic N) is 3. The minimum absolute atomic E-state index is 0.0531. The second kappa shape index (κ2) is 7.20. The molecule has 26 heavy (non-hydrogen) atoms. The van der Waals surface area contributed by atoms with E-state index >= 15 is 0 Å². The Bertz CT molecular complexity index is 814. The Balaban J connectivity index is 1.83. The van der Waals surface area contributed by atoms with Gasteiger partial charge in [-0.05, 0) is 38.1 Å². The Labute approximate surface area is 154 Å². The Morgan fingerprint density at radius 2 is 1.73 bits per heavy atom. The second-order valence-corrected chi connectivity index (χ2v) is 7.03. The number of carbonyl (C=O) groups is 2. The Hall–Kier alpha value is -2.82. The van der Waals surface area contributed by atoms with Crippen LogP contribution in [0.3, 0.4) is 0 Å². The van der Waals surface area contributed by atoms with E-state index in [2.05, 4.69) is 0 Å². The fraction of sp³-hybridized carbons (Fsp3) is 0.333. The highest BCUT2D eigenvalue weighted by Gasteiger charge is 2.34. The predicted molar refractivity (Wildman–Crippen MR) is 105 cm³/mol. The number of carbonyl (C=O) groups excluding carboxylic acids is 2. The Morgan fingerprint density at radius 3 is 2.38 bits per heavy atom. The van der Waals surface area contributed by atoms with Crippen LogP contribution in [0.5, 0.6) is 0 Å². The lowest BCUT2D eigenvalue weighted by Crippen LogP contribution is -2.57. The number of anilines is 2.